The Bertz CT molecular complexity index is 424. The molecule has 112 valence electrons. The van der Waals surface area contributed by atoms with Crippen LogP contribution in [0.4, 0.5) is 5.82 Å². The summed E-state index contributed by atoms with van der Waals surface area (Å²) in [6.45, 7) is 7.71. The highest BCUT2D eigenvalue weighted by molar-refractivity contribution is 6.29. The normalized spacial score (nSPS) is 20.1. The van der Waals surface area contributed by atoms with Crippen molar-refractivity contribution in [1.82, 2.24) is 14.9 Å². The molecule has 1 N–H and O–H groups in total. The van der Waals surface area contributed by atoms with E-state index in [0.29, 0.717) is 5.15 Å². The van der Waals surface area contributed by atoms with Crippen LogP contribution in [0.5, 0.6) is 0 Å². The molecule has 0 bridgehead atoms. The number of aryl methyl sites for hydroxylation is 1. The number of anilines is 1. The molecule has 0 radical (unpaired) electrons. The van der Waals surface area contributed by atoms with Gasteiger partial charge >= 0.3 is 0 Å². The fourth-order valence-corrected chi connectivity index (χ4v) is 2.90. The molecule has 20 heavy (non-hydrogen) atoms. The number of piperidine rings is 1. The molecule has 2 heterocycles. The van der Waals surface area contributed by atoms with E-state index in [1.165, 1.54) is 25.8 Å². The minimum absolute atomic E-state index is 0.518. The predicted molar refractivity (Wildman–Crippen MR) is 84.4 cm³/mol. The van der Waals surface area contributed by atoms with Gasteiger partial charge in [-0.25, -0.2) is 9.97 Å². The molecule has 1 aromatic rings. The van der Waals surface area contributed by atoms with Gasteiger partial charge in [0.05, 0.1) is 0 Å². The van der Waals surface area contributed by atoms with Crippen molar-refractivity contribution >= 4 is 17.4 Å². The average molecular weight is 297 g/mol. The molecule has 0 saturated carbocycles. The first-order chi connectivity index (χ1) is 9.69. The monoisotopic (exact) mass is 296 g/mol. The maximum absolute atomic E-state index is 5.98. The second-order valence-electron chi connectivity index (χ2n) is 5.51. The molecular weight excluding hydrogens is 272 g/mol. The van der Waals surface area contributed by atoms with E-state index >= 15 is 0 Å². The number of nitrogens with one attached hydrogen (secondary N) is 1. The molecule has 1 aliphatic rings. The largest absolute Gasteiger partial charge is 0.370 e. The predicted octanol–water partition coefficient (Wildman–Crippen LogP) is 3.37. The van der Waals surface area contributed by atoms with Crippen molar-refractivity contribution in [3.05, 3.63) is 17.0 Å². The highest BCUT2D eigenvalue weighted by Gasteiger charge is 2.16. The molecule has 1 atom stereocenters. The summed E-state index contributed by atoms with van der Waals surface area (Å²) in [7, 11) is 0. The molecule has 0 aliphatic carbocycles. The Morgan fingerprint density at radius 1 is 1.40 bits per heavy atom. The summed E-state index contributed by atoms with van der Waals surface area (Å²) in [5.41, 5.74) is 0. The van der Waals surface area contributed by atoms with Crippen molar-refractivity contribution in [2.75, 3.05) is 25.0 Å². The van der Waals surface area contributed by atoms with Gasteiger partial charge in [-0.05, 0) is 32.7 Å². The Labute approximate surface area is 126 Å². The van der Waals surface area contributed by atoms with E-state index in [1.807, 2.05) is 6.92 Å². The summed E-state index contributed by atoms with van der Waals surface area (Å²) < 4.78 is 0. The number of likely N-dealkylation sites (tertiary alicyclic amines) is 1. The maximum Gasteiger partial charge on any atom is 0.134 e. The lowest BCUT2D eigenvalue weighted by Crippen LogP contribution is -2.38. The van der Waals surface area contributed by atoms with Crippen LogP contribution in [0.15, 0.2) is 6.07 Å². The minimum atomic E-state index is 0.518. The molecule has 1 fully saturated rings. The van der Waals surface area contributed by atoms with Crippen LogP contribution in [0.25, 0.3) is 0 Å². The summed E-state index contributed by atoms with van der Waals surface area (Å²) in [6.07, 6.45) is 6.01. The third-order valence-electron chi connectivity index (χ3n) is 3.93. The third-order valence-corrected chi connectivity index (χ3v) is 4.12. The first-order valence-corrected chi connectivity index (χ1v) is 8.08. The van der Waals surface area contributed by atoms with Gasteiger partial charge in [0, 0.05) is 31.6 Å². The van der Waals surface area contributed by atoms with Crippen molar-refractivity contribution in [3.8, 4) is 0 Å². The van der Waals surface area contributed by atoms with Gasteiger partial charge in [-0.3, -0.25) is 0 Å². The number of rotatable bonds is 6. The first-order valence-electron chi connectivity index (χ1n) is 7.70. The Hall–Kier alpha value is -0.870. The second-order valence-corrected chi connectivity index (χ2v) is 5.89. The SMILES string of the molecule is CCc1nc(Cl)cc(NCCCN2CCCCC2C)n1. The minimum Gasteiger partial charge on any atom is -0.370 e. The summed E-state index contributed by atoms with van der Waals surface area (Å²) in [5.74, 6) is 1.64. The van der Waals surface area contributed by atoms with Crippen LogP contribution in [0, 0.1) is 0 Å². The zero-order valence-electron chi connectivity index (χ0n) is 12.5. The molecule has 2 rings (SSSR count). The van der Waals surface area contributed by atoms with E-state index in [4.69, 9.17) is 11.6 Å². The van der Waals surface area contributed by atoms with Gasteiger partial charge in [0.1, 0.15) is 16.8 Å². The van der Waals surface area contributed by atoms with Crippen LogP contribution in [-0.2, 0) is 6.42 Å². The van der Waals surface area contributed by atoms with Gasteiger partial charge < -0.3 is 10.2 Å². The molecule has 4 nitrogen and oxygen atoms in total. The van der Waals surface area contributed by atoms with E-state index in [-0.39, 0.29) is 0 Å². The smallest absolute Gasteiger partial charge is 0.134 e. The van der Waals surface area contributed by atoms with E-state index in [0.717, 1.165) is 43.6 Å². The van der Waals surface area contributed by atoms with Crippen molar-refractivity contribution in [3.63, 3.8) is 0 Å². The van der Waals surface area contributed by atoms with Crippen LogP contribution in [0.3, 0.4) is 0 Å². The van der Waals surface area contributed by atoms with Crippen molar-refractivity contribution in [2.45, 2.75) is 52.0 Å². The van der Waals surface area contributed by atoms with Crippen molar-refractivity contribution in [2.24, 2.45) is 0 Å². The fourth-order valence-electron chi connectivity index (χ4n) is 2.70. The maximum atomic E-state index is 5.98. The molecule has 1 saturated heterocycles. The summed E-state index contributed by atoms with van der Waals surface area (Å²) in [5, 5.41) is 3.87. The van der Waals surface area contributed by atoms with Crippen LogP contribution in [-0.4, -0.2) is 40.5 Å². The van der Waals surface area contributed by atoms with Crippen LogP contribution in [0.2, 0.25) is 5.15 Å². The lowest BCUT2D eigenvalue weighted by molar-refractivity contribution is 0.160. The molecule has 5 heteroatoms. The lowest BCUT2D eigenvalue weighted by atomic mass is 10.0. The van der Waals surface area contributed by atoms with E-state index in [2.05, 4.69) is 27.1 Å². The van der Waals surface area contributed by atoms with Crippen LogP contribution >= 0.6 is 11.6 Å². The zero-order chi connectivity index (χ0) is 14.4. The van der Waals surface area contributed by atoms with Gasteiger partial charge in [0.25, 0.3) is 0 Å². The summed E-state index contributed by atoms with van der Waals surface area (Å²) in [4.78, 5) is 11.2. The zero-order valence-corrected chi connectivity index (χ0v) is 13.3. The highest BCUT2D eigenvalue weighted by Crippen LogP contribution is 2.16. The van der Waals surface area contributed by atoms with E-state index in [1.54, 1.807) is 6.07 Å². The van der Waals surface area contributed by atoms with Gasteiger partial charge in [-0.15, -0.1) is 0 Å². The Balaban J connectivity index is 1.74. The fraction of sp³-hybridized carbons (Fsp3) is 0.733. The quantitative estimate of drug-likeness (QED) is 0.645. The standard InChI is InChI=1S/C15H25ClN4/c1-3-14-18-13(16)11-15(19-14)17-8-6-10-20-9-5-4-7-12(20)2/h11-12H,3-10H2,1-2H3,(H,17,18,19). The van der Waals surface area contributed by atoms with Crippen molar-refractivity contribution in [1.29, 1.82) is 0 Å². The average Bonchev–Trinajstić information content (AvgIpc) is 2.44. The molecule has 1 unspecified atom stereocenters. The number of nitrogens with zero attached hydrogens (tertiary/aromatic N) is 3. The van der Waals surface area contributed by atoms with E-state index in [9.17, 15) is 0 Å². The first kappa shape index (κ1) is 15.5. The molecular formula is C15H25ClN4. The van der Waals surface area contributed by atoms with Crippen LogP contribution in [0.1, 0.15) is 45.4 Å². The number of aromatic nitrogens is 2. The number of halogens is 1. The molecule has 0 aromatic carbocycles. The molecule has 0 spiro atoms. The summed E-state index contributed by atoms with van der Waals surface area (Å²) in [6, 6.07) is 2.54. The van der Waals surface area contributed by atoms with E-state index < -0.39 is 0 Å². The van der Waals surface area contributed by atoms with Crippen LogP contribution < -0.4 is 5.32 Å². The van der Waals surface area contributed by atoms with Gasteiger partial charge in [-0.1, -0.05) is 24.9 Å². The van der Waals surface area contributed by atoms with Gasteiger partial charge in [0.15, 0.2) is 0 Å². The highest BCUT2D eigenvalue weighted by atomic mass is 35.5. The number of hydrogen-bond acceptors (Lipinski definition) is 4. The van der Waals surface area contributed by atoms with Crippen molar-refractivity contribution < 1.29 is 0 Å². The molecule has 1 aromatic heterocycles. The number of hydrogen-bond donors (Lipinski definition) is 1. The summed E-state index contributed by atoms with van der Waals surface area (Å²) >= 11 is 5.98. The third kappa shape index (κ3) is 4.60. The Morgan fingerprint density at radius 2 is 2.25 bits per heavy atom. The van der Waals surface area contributed by atoms with Gasteiger partial charge in [-0.2, -0.15) is 0 Å². The topological polar surface area (TPSA) is 41.1 Å². The molecule has 0 amide bonds. The van der Waals surface area contributed by atoms with Gasteiger partial charge in [0.2, 0.25) is 0 Å². The molecule has 1 aliphatic heterocycles. The second kappa shape index (κ2) is 7.79. The lowest BCUT2D eigenvalue weighted by Gasteiger charge is -2.33. The Kier molecular flexibility index (Phi) is 6.05. The Morgan fingerprint density at radius 3 is 3.00 bits per heavy atom.